The van der Waals surface area contributed by atoms with Crippen molar-refractivity contribution in [3.63, 3.8) is 0 Å². The van der Waals surface area contributed by atoms with Crippen LogP contribution in [-0.2, 0) is 24.0 Å². The largest absolute Gasteiger partial charge is 0.494 e. The van der Waals surface area contributed by atoms with Crippen molar-refractivity contribution in [3.8, 4) is 11.5 Å². The number of hydrogen-bond donors (Lipinski definition) is 0. The van der Waals surface area contributed by atoms with E-state index in [1.165, 1.54) is 5.56 Å². The van der Waals surface area contributed by atoms with E-state index < -0.39 is 42.9 Å². The van der Waals surface area contributed by atoms with Gasteiger partial charge in [-0.25, -0.2) is 0 Å². The van der Waals surface area contributed by atoms with Gasteiger partial charge in [-0.1, -0.05) is 69.3 Å². The molecule has 0 aromatic heterocycles. The molecule has 43 heavy (non-hydrogen) atoms. The Labute approximate surface area is 258 Å². The Bertz CT molecular complexity index is 1290. The zero-order valence-electron chi connectivity index (χ0n) is 27.6. The molecule has 228 valence electrons. The molecule has 0 aliphatic carbocycles. The summed E-state index contributed by atoms with van der Waals surface area (Å²) in [5, 5.41) is 0. The lowest BCUT2D eigenvalue weighted by atomic mass is 9.79. The van der Waals surface area contributed by atoms with E-state index in [1.54, 1.807) is 0 Å². The summed E-state index contributed by atoms with van der Waals surface area (Å²) in [6.07, 6.45) is -0.667. The minimum atomic E-state index is -0.667. The number of rotatable bonds is 7. The first-order valence-corrected chi connectivity index (χ1v) is 15.2. The molecular weight excluding hydrogens is 538 g/mol. The third-order valence-electron chi connectivity index (χ3n) is 9.35. The topological polar surface area (TPSA) is 55.4 Å². The van der Waals surface area contributed by atoms with Crippen molar-refractivity contribution in [3.05, 3.63) is 83.9 Å². The lowest BCUT2D eigenvalue weighted by Gasteiger charge is -2.32. The van der Waals surface area contributed by atoms with Crippen LogP contribution in [-0.4, -0.2) is 36.6 Å². The Morgan fingerprint density at radius 1 is 0.512 bits per heavy atom. The molecule has 2 saturated heterocycles. The smallest absolute Gasteiger partial charge is 0.451 e. The van der Waals surface area contributed by atoms with Crippen LogP contribution in [0.5, 0.6) is 11.5 Å². The van der Waals surface area contributed by atoms with E-state index in [0.717, 1.165) is 16.5 Å². The molecule has 0 atom stereocenters. The van der Waals surface area contributed by atoms with Crippen LogP contribution in [0.4, 0.5) is 0 Å². The maximum Gasteiger partial charge on any atom is 0.494 e. The van der Waals surface area contributed by atoms with Crippen molar-refractivity contribution in [1.29, 1.82) is 0 Å². The van der Waals surface area contributed by atoms with Crippen LogP contribution in [0.3, 0.4) is 0 Å². The van der Waals surface area contributed by atoms with E-state index in [0.29, 0.717) is 11.5 Å². The van der Waals surface area contributed by atoms with Gasteiger partial charge in [-0.3, -0.25) is 0 Å². The van der Waals surface area contributed by atoms with Gasteiger partial charge in [0, 0.05) is 5.56 Å². The molecular formula is C35H46B2O6. The van der Waals surface area contributed by atoms with Gasteiger partial charge in [0.05, 0.1) is 22.4 Å². The van der Waals surface area contributed by atoms with Crippen molar-refractivity contribution in [2.45, 2.75) is 110 Å². The van der Waals surface area contributed by atoms with Gasteiger partial charge < -0.3 is 28.1 Å². The van der Waals surface area contributed by atoms with Crippen LogP contribution >= 0.6 is 0 Å². The molecule has 0 bridgehead atoms. The molecule has 2 fully saturated rings. The predicted octanol–water partition coefficient (Wildman–Crippen LogP) is 6.74. The molecule has 8 heteroatoms. The monoisotopic (exact) mass is 584 g/mol. The zero-order chi connectivity index (χ0) is 31.4. The van der Waals surface area contributed by atoms with Gasteiger partial charge in [-0.2, -0.15) is 0 Å². The minimum absolute atomic E-state index is 0.0441. The molecule has 0 spiro atoms. The lowest BCUT2D eigenvalue weighted by molar-refractivity contribution is 0.00382. The molecule has 0 saturated carbocycles. The summed E-state index contributed by atoms with van der Waals surface area (Å²) in [7, 11) is -0.864. The molecule has 0 unspecified atom stereocenters. The predicted molar refractivity (Wildman–Crippen MR) is 173 cm³/mol. The first-order valence-electron chi connectivity index (χ1n) is 15.2. The maximum atomic E-state index is 6.46. The van der Waals surface area contributed by atoms with E-state index >= 15 is 0 Å². The highest BCUT2D eigenvalue weighted by Gasteiger charge is 2.52. The Morgan fingerprint density at radius 3 is 1.14 bits per heavy atom. The molecule has 2 heterocycles. The van der Waals surface area contributed by atoms with Crippen LogP contribution in [0.25, 0.3) is 0 Å². The summed E-state index contributed by atoms with van der Waals surface area (Å²) in [5.41, 5.74) is 2.49. The molecule has 3 aromatic carbocycles. The van der Waals surface area contributed by atoms with Crippen LogP contribution in [0.1, 0.15) is 93.6 Å². The molecule has 0 amide bonds. The Hall–Kier alpha value is -2.77. The summed E-state index contributed by atoms with van der Waals surface area (Å²) in [5.74, 6) is 1.36. The van der Waals surface area contributed by atoms with E-state index in [9.17, 15) is 0 Å². The second kappa shape index (κ2) is 11.0. The van der Waals surface area contributed by atoms with Gasteiger partial charge in [0.1, 0.15) is 11.5 Å². The van der Waals surface area contributed by atoms with E-state index in [4.69, 9.17) is 28.1 Å². The molecule has 3 aromatic rings. The molecule has 6 nitrogen and oxygen atoms in total. The van der Waals surface area contributed by atoms with Crippen LogP contribution in [0.15, 0.2) is 72.8 Å². The molecule has 5 rings (SSSR count). The Balaban J connectivity index is 1.35. The fourth-order valence-corrected chi connectivity index (χ4v) is 4.91. The van der Waals surface area contributed by atoms with Crippen molar-refractivity contribution in [1.82, 2.24) is 0 Å². The van der Waals surface area contributed by atoms with Gasteiger partial charge in [0.2, 0.25) is 0 Å². The Morgan fingerprint density at radius 2 is 0.837 bits per heavy atom. The highest BCUT2D eigenvalue weighted by Crippen LogP contribution is 2.38. The summed E-state index contributed by atoms with van der Waals surface area (Å²) in [6.45, 7) is 23.1. The first-order chi connectivity index (χ1) is 19.9. The lowest BCUT2D eigenvalue weighted by Crippen LogP contribution is -2.41. The molecule has 2 aliphatic heterocycles. The average molecular weight is 584 g/mol. The summed E-state index contributed by atoms with van der Waals surface area (Å²) in [6, 6.07) is 24.1. The van der Waals surface area contributed by atoms with Gasteiger partial charge in [0.15, 0.2) is 0 Å². The molecule has 2 aliphatic rings. The first kappa shape index (κ1) is 31.6. The highest BCUT2D eigenvalue weighted by atomic mass is 16.7. The second-order valence-electron chi connectivity index (χ2n) is 14.8. The number of benzene rings is 3. The normalized spacial score (nSPS) is 20.5. The highest BCUT2D eigenvalue weighted by molar-refractivity contribution is 6.62. The van der Waals surface area contributed by atoms with Crippen molar-refractivity contribution in [2.24, 2.45) is 0 Å². The standard InChI is InChI=1S/C35H46B2O6/c1-31(2,3)25-14-12-24(13-15-25)30(38-28-20-16-26(17-21-28)36-40-32(4,5)33(6,7)41-36)39-29-22-18-27(19-23-29)37-42-34(8,9)35(10,11)43-37/h12-23,30H,1-11H3. The van der Waals surface area contributed by atoms with Crippen molar-refractivity contribution < 1.29 is 28.1 Å². The van der Waals surface area contributed by atoms with E-state index in [-0.39, 0.29) is 5.41 Å². The summed E-state index contributed by atoms with van der Waals surface area (Å²) in [4.78, 5) is 0. The quantitative estimate of drug-likeness (QED) is 0.227. The SMILES string of the molecule is CC(C)(C)c1ccc(C(Oc2ccc(B3OC(C)(C)C(C)(C)O3)cc2)Oc2ccc(B3OC(C)(C)C(C)(C)O3)cc2)cc1. The van der Waals surface area contributed by atoms with Crippen LogP contribution in [0, 0.1) is 0 Å². The van der Waals surface area contributed by atoms with E-state index in [1.807, 2.05) is 48.5 Å². The fraction of sp³-hybridized carbons (Fsp3) is 0.486. The van der Waals surface area contributed by atoms with Crippen molar-refractivity contribution in [2.75, 3.05) is 0 Å². The third-order valence-corrected chi connectivity index (χ3v) is 9.35. The number of hydrogen-bond acceptors (Lipinski definition) is 6. The third kappa shape index (κ3) is 6.53. The Kier molecular flexibility index (Phi) is 8.09. The number of ether oxygens (including phenoxy) is 2. The van der Waals surface area contributed by atoms with Gasteiger partial charge in [-0.15, -0.1) is 0 Å². The summed E-state index contributed by atoms with van der Waals surface area (Å²) < 4.78 is 37.8. The zero-order valence-corrected chi connectivity index (χ0v) is 27.6. The fourth-order valence-electron chi connectivity index (χ4n) is 4.91. The van der Waals surface area contributed by atoms with Gasteiger partial charge in [-0.05, 0) is 102 Å². The summed E-state index contributed by atoms with van der Waals surface area (Å²) >= 11 is 0. The van der Waals surface area contributed by atoms with Crippen molar-refractivity contribution >= 4 is 25.2 Å². The van der Waals surface area contributed by atoms with Gasteiger partial charge in [0.25, 0.3) is 6.29 Å². The maximum absolute atomic E-state index is 6.46. The van der Waals surface area contributed by atoms with Gasteiger partial charge >= 0.3 is 14.2 Å². The van der Waals surface area contributed by atoms with Crippen LogP contribution < -0.4 is 20.4 Å². The minimum Gasteiger partial charge on any atom is -0.451 e. The van der Waals surface area contributed by atoms with Crippen LogP contribution in [0.2, 0.25) is 0 Å². The average Bonchev–Trinajstić information content (AvgIpc) is 3.28. The second-order valence-corrected chi connectivity index (χ2v) is 14.8. The van der Waals surface area contributed by atoms with E-state index in [2.05, 4.69) is 100 Å². The molecule has 0 N–H and O–H groups in total. The molecule has 0 radical (unpaired) electrons.